The van der Waals surface area contributed by atoms with E-state index in [1.54, 1.807) is 20.8 Å². The Kier molecular flexibility index (Phi) is 7.62. The molecule has 0 aliphatic carbocycles. The Morgan fingerprint density at radius 3 is 2.27 bits per heavy atom. The van der Waals surface area contributed by atoms with Crippen molar-refractivity contribution in [3.63, 3.8) is 0 Å². The number of Topliss-reactive ketones (excluding diaryl/α,β-unsaturated/α-hetero) is 1. The second-order valence-corrected chi connectivity index (χ2v) is 9.22. The largest absolute Gasteiger partial charge is 0.456 e. The van der Waals surface area contributed by atoms with Crippen LogP contribution in [0.2, 0.25) is 10.0 Å². The molecular formula is C16H21Cl2NO6S. The number of halogens is 2. The predicted molar refractivity (Wildman–Crippen MR) is 97.7 cm³/mol. The number of carbonyl (C=O) groups is 2. The van der Waals surface area contributed by atoms with E-state index in [2.05, 4.69) is 4.72 Å². The van der Waals surface area contributed by atoms with Crippen LogP contribution in [0.5, 0.6) is 0 Å². The number of rotatable bonds is 7. The highest BCUT2D eigenvalue weighted by Crippen LogP contribution is 2.25. The lowest BCUT2D eigenvalue weighted by Crippen LogP contribution is -2.49. The van der Waals surface area contributed by atoms with Crippen molar-refractivity contribution in [3.8, 4) is 0 Å². The van der Waals surface area contributed by atoms with Gasteiger partial charge in [-0.05, 0) is 25.1 Å². The van der Waals surface area contributed by atoms with Crippen LogP contribution in [0.1, 0.15) is 27.7 Å². The van der Waals surface area contributed by atoms with Gasteiger partial charge in [-0.3, -0.25) is 9.59 Å². The maximum Gasteiger partial charge on any atom is 0.327 e. The Bertz CT molecular complexity index is 786. The molecule has 2 atom stereocenters. The minimum Gasteiger partial charge on any atom is -0.456 e. The topological polar surface area (TPSA) is 110 Å². The molecule has 0 aliphatic heterocycles. The van der Waals surface area contributed by atoms with E-state index in [-0.39, 0.29) is 20.7 Å². The predicted octanol–water partition coefficient (Wildman–Crippen LogP) is 2.18. The summed E-state index contributed by atoms with van der Waals surface area (Å²) >= 11 is 11.6. The van der Waals surface area contributed by atoms with Crippen LogP contribution in [0.4, 0.5) is 0 Å². The lowest BCUT2D eigenvalue weighted by atomic mass is 9.91. The number of benzene rings is 1. The van der Waals surface area contributed by atoms with Crippen molar-refractivity contribution in [2.24, 2.45) is 5.41 Å². The molecule has 0 amide bonds. The number of aliphatic hydroxyl groups is 1. The first-order chi connectivity index (χ1) is 11.8. The molecule has 0 saturated heterocycles. The summed E-state index contributed by atoms with van der Waals surface area (Å²) < 4.78 is 31.7. The van der Waals surface area contributed by atoms with Crippen molar-refractivity contribution in [2.75, 3.05) is 6.61 Å². The van der Waals surface area contributed by atoms with Gasteiger partial charge in [0.15, 0.2) is 12.4 Å². The number of ketones is 1. The summed E-state index contributed by atoms with van der Waals surface area (Å²) in [6.07, 6.45) is -1.40. The zero-order valence-electron chi connectivity index (χ0n) is 14.7. The van der Waals surface area contributed by atoms with Gasteiger partial charge in [-0.15, -0.1) is 0 Å². The number of hydrogen-bond acceptors (Lipinski definition) is 6. The van der Waals surface area contributed by atoms with Crippen molar-refractivity contribution in [2.45, 2.75) is 44.7 Å². The van der Waals surface area contributed by atoms with E-state index < -0.39 is 40.2 Å². The number of sulfonamides is 1. The Morgan fingerprint density at radius 1 is 1.23 bits per heavy atom. The Balaban J connectivity index is 2.94. The lowest BCUT2D eigenvalue weighted by molar-refractivity contribution is -0.153. The summed E-state index contributed by atoms with van der Waals surface area (Å²) in [5, 5.41) is 9.94. The van der Waals surface area contributed by atoms with Crippen LogP contribution in [0.15, 0.2) is 23.1 Å². The van der Waals surface area contributed by atoms with E-state index in [1.165, 1.54) is 19.1 Å². The van der Waals surface area contributed by atoms with E-state index >= 15 is 0 Å². The molecule has 0 fully saturated rings. The van der Waals surface area contributed by atoms with Crippen molar-refractivity contribution in [3.05, 3.63) is 28.2 Å². The van der Waals surface area contributed by atoms with Crippen LogP contribution in [-0.4, -0.2) is 44.0 Å². The Hall–Kier alpha value is -1.19. The molecule has 0 saturated carbocycles. The normalized spacial score (nSPS) is 14.6. The van der Waals surface area contributed by atoms with Gasteiger partial charge in [0.05, 0.1) is 21.0 Å². The quantitative estimate of drug-likeness (QED) is 0.647. The van der Waals surface area contributed by atoms with Gasteiger partial charge in [0.2, 0.25) is 10.0 Å². The molecule has 1 aromatic carbocycles. The van der Waals surface area contributed by atoms with Gasteiger partial charge in [0.25, 0.3) is 0 Å². The lowest BCUT2D eigenvalue weighted by Gasteiger charge is -2.21. The molecule has 0 heterocycles. The number of hydrogen-bond donors (Lipinski definition) is 2. The van der Waals surface area contributed by atoms with Gasteiger partial charge in [-0.25, -0.2) is 8.42 Å². The summed E-state index contributed by atoms with van der Waals surface area (Å²) in [6.45, 7) is 5.65. The van der Waals surface area contributed by atoms with Crippen molar-refractivity contribution < 1.29 is 27.9 Å². The maximum atomic E-state index is 12.4. The number of carbonyl (C=O) groups excluding carboxylic acids is 2. The van der Waals surface area contributed by atoms with Gasteiger partial charge in [0.1, 0.15) is 6.04 Å². The van der Waals surface area contributed by atoms with Crippen molar-refractivity contribution >= 4 is 45.0 Å². The first kappa shape index (κ1) is 22.9. The molecule has 1 aromatic rings. The molecular weight excluding hydrogens is 405 g/mol. The van der Waals surface area contributed by atoms with Gasteiger partial charge in [0, 0.05) is 5.41 Å². The monoisotopic (exact) mass is 425 g/mol. The third kappa shape index (κ3) is 6.21. The highest BCUT2D eigenvalue weighted by molar-refractivity contribution is 7.89. The van der Waals surface area contributed by atoms with Crippen molar-refractivity contribution in [1.29, 1.82) is 0 Å². The SMILES string of the molecule is C[C@H](O)[C@@H](NS(=O)(=O)c1ccc(Cl)c(Cl)c1)C(=O)OCC(=O)C(C)(C)C. The van der Waals surface area contributed by atoms with Gasteiger partial charge in [-0.2, -0.15) is 4.72 Å². The van der Waals surface area contributed by atoms with E-state index in [0.29, 0.717) is 0 Å². The number of ether oxygens (including phenoxy) is 1. The fraction of sp³-hybridized carbons (Fsp3) is 0.500. The van der Waals surface area contributed by atoms with Crippen LogP contribution in [-0.2, 0) is 24.3 Å². The zero-order chi connectivity index (χ0) is 20.3. The average Bonchev–Trinajstić information content (AvgIpc) is 2.51. The number of aliphatic hydroxyl groups excluding tert-OH is 1. The summed E-state index contributed by atoms with van der Waals surface area (Å²) in [5.41, 5.74) is -0.722. The van der Waals surface area contributed by atoms with Crippen LogP contribution in [0, 0.1) is 5.41 Å². The summed E-state index contributed by atoms with van der Waals surface area (Å²) in [5.74, 6) is -1.41. The third-order valence-corrected chi connectivity index (χ3v) is 5.58. The van der Waals surface area contributed by atoms with Gasteiger partial charge < -0.3 is 9.84 Å². The molecule has 0 unspecified atom stereocenters. The summed E-state index contributed by atoms with van der Waals surface area (Å²) in [4.78, 5) is 23.7. The number of nitrogens with one attached hydrogen (secondary N) is 1. The van der Waals surface area contributed by atoms with E-state index in [4.69, 9.17) is 27.9 Å². The van der Waals surface area contributed by atoms with E-state index in [1.807, 2.05) is 0 Å². The summed E-state index contributed by atoms with van der Waals surface area (Å²) in [6, 6.07) is 2.00. The fourth-order valence-electron chi connectivity index (χ4n) is 1.67. The third-order valence-electron chi connectivity index (χ3n) is 3.40. The molecule has 0 aliphatic rings. The first-order valence-corrected chi connectivity index (χ1v) is 9.85. The molecule has 10 heteroatoms. The van der Waals surface area contributed by atoms with Gasteiger partial charge >= 0.3 is 5.97 Å². The van der Waals surface area contributed by atoms with E-state index in [9.17, 15) is 23.1 Å². The Morgan fingerprint density at radius 2 is 1.81 bits per heavy atom. The van der Waals surface area contributed by atoms with Gasteiger partial charge in [-0.1, -0.05) is 44.0 Å². The molecule has 7 nitrogen and oxygen atoms in total. The highest BCUT2D eigenvalue weighted by Gasteiger charge is 2.32. The smallest absolute Gasteiger partial charge is 0.327 e. The minimum absolute atomic E-state index is 0.0153. The molecule has 0 bridgehead atoms. The minimum atomic E-state index is -4.19. The average molecular weight is 426 g/mol. The summed E-state index contributed by atoms with van der Waals surface area (Å²) in [7, 11) is -4.19. The maximum absolute atomic E-state index is 12.4. The molecule has 0 spiro atoms. The molecule has 146 valence electrons. The van der Waals surface area contributed by atoms with E-state index in [0.717, 1.165) is 6.07 Å². The first-order valence-electron chi connectivity index (χ1n) is 7.61. The van der Waals surface area contributed by atoms with Crippen LogP contribution in [0.25, 0.3) is 0 Å². The highest BCUT2D eigenvalue weighted by atomic mass is 35.5. The molecule has 1 rings (SSSR count). The fourth-order valence-corrected chi connectivity index (χ4v) is 3.31. The standard InChI is InChI=1S/C16H21Cl2NO6S/c1-9(20)14(15(22)25-8-13(21)16(2,3)4)19-26(23,24)10-5-6-11(17)12(18)7-10/h5-7,9,14,19-20H,8H2,1-4H3/t9-,14+/m0/s1. The van der Waals surface area contributed by atoms with Crippen LogP contribution >= 0.6 is 23.2 Å². The number of esters is 1. The molecule has 2 N–H and O–H groups in total. The Labute approximate surface area is 162 Å². The molecule has 0 radical (unpaired) electrons. The molecule has 26 heavy (non-hydrogen) atoms. The van der Waals surface area contributed by atoms with Crippen LogP contribution in [0.3, 0.4) is 0 Å². The van der Waals surface area contributed by atoms with Crippen molar-refractivity contribution in [1.82, 2.24) is 4.72 Å². The zero-order valence-corrected chi connectivity index (χ0v) is 17.1. The van der Waals surface area contributed by atoms with Crippen LogP contribution < -0.4 is 4.72 Å². The molecule has 0 aromatic heterocycles. The second-order valence-electron chi connectivity index (χ2n) is 6.70. The second kappa shape index (κ2) is 8.67.